The smallest absolute Gasteiger partial charge is 0.258 e. The molecule has 1 heterocycles. The molecule has 27 heavy (non-hydrogen) atoms. The molecule has 0 amide bonds. The van der Waals surface area contributed by atoms with E-state index in [1.807, 2.05) is 30.3 Å². The summed E-state index contributed by atoms with van der Waals surface area (Å²) < 4.78 is 28.3. The van der Waals surface area contributed by atoms with Gasteiger partial charge in [-0.25, -0.2) is 13.1 Å². The first-order chi connectivity index (χ1) is 12.9. The molecule has 0 aliphatic heterocycles. The van der Waals surface area contributed by atoms with E-state index in [1.54, 1.807) is 24.3 Å². The highest BCUT2D eigenvalue weighted by Gasteiger charge is 2.41. The number of non-ortho nitro benzene ring substituents is 1. The third-order valence-electron chi connectivity index (χ3n) is 4.53. The van der Waals surface area contributed by atoms with Crippen LogP contribution in [0.1, 0.15) is 17.9 Å². The molecule has 2 atom stereocenters. The van der Waals surface area contributed by atoms with Gasteiger partial charge < -0.3 is 0 Å². The average molecular weight is 400 g/mol. The number of rotatable bonds is 6. The molecule has 1 saturated carbocycles. The molecular formula is C19H16N2O4S2. The van der Waals surface area contributed by atoms with E-state index in [0.717, 1.165) is 33.8 Å². The van der Waals surface area contributed by atoms with Crippen LogP contribution in [-0.2, 0) is 10.0 Å². The maximum absolute atomic E-state index is 12.7. The van der Waals surface area contributed by atoms with Gasteiger partial charge >= 0.3 is 0 Å². The van der Waals surface area contributed by atoms with Crippen LogP contribution in [0, 0.1) is 10.1 Å². The van der Waals surface area contributed by atoms with Gasteiger partial charge in [0, 0.05) is 29.0 Å². The molecule has 138 valence electrons. The van der Waals surface area contributed by atoms with Crippen LogP contribution in [0.3, 0.4) is 0 Å². The summed E-state index contributed by atoms with van der Waals surface area (Å²) in [5.74, 6) is 0.218. The molecule has 1 aliphatic rings. The van der Waals surface area contributed by atoms with E-state index in [-0.39, 0.29) is 21.9 Å². The summed E-state index contributed by atoms with van der Waals surface area (Å²) in [7, 11) is -3.59. The van der Waals surface area contributed by atoms with Crippen molar-refractivity contribution in [2.75, 3.05) is 0 Å². The minimum absolute atomic E-state index is 0.00510. The Labute approximate surface area is 160 Å². The lowest BCUT2D eigenvalue weighted by Gasteiger charge is -2.04. The lowest BCUT2D eigenvalue weighted by atomic mass is 10.1. The second-order valence-electron chi connectivity index (χ2n) is 6.40. The number of nitrogens with zero attached hydrogens (tertiary/aromatic N) is 1. The van der Waals surface area contributed by atoms with Gasteiger partial charge in [0.05, 0.1) is 4.92 Å². The molecule has 1 aliphatic carbocycles. The first kappa shape index (κ1) is 17.8. The van der Waals surface area contributed by atoms with Gasteiger partial charge in [0.15, 0.2) is 0 Å². The molecule has 6 nitrogen and oxygen atoms in total. The highest BCUT2D eigenvalue weighted by molar-refractivity contribution is 7.91. The van der Waals surface area contributed by atoms with Gasteiger partial charge in [-0.15, -0.1) is 11.3 Å². The fraction of sp³-hybridized carbons (Fsp3) is 0.158. The summed E-state index contributed by atoms with van der Waals surface area (Å²) >= 11 is 1.15. The minimum Gasteiger partial charge on any atom is -0.258 e. The predicted molar refractivity (Wildman–Crippen MR) is 104 cm³/mol. The molecule has 0 spiro atoms. The molecule has 0 bridgehead atoms. The summed E-state index contributed by atoms with van der Waals surface area (Å²) in [6.07, 6.45) is 0.795. The van der Waals surface area contributed by atoms with E-state index >= 15 is 0 Å². The van der Waals surface area contributed by atoms with Crippen LogP contribution in [-0.4, -0.2) is 19.4 Å². The zero-order chi connectivity index (χ0) is 19.0. The molecule has 0 saturated heterocycles. The Morgan fingerprint density at radius 2 is 1.70 bits per heavy atom. The standard InChI is InChI=1S/C19H16N2O4S2/c22-21(23)15-8-6-14(7-9-15)18-10-11-19(26-18)27(24,25)20-17-12-16(17)13-4-2-1-3-5-13/h1-11,16-17,20H,12H2/t16-,17+/m1/s1. The van der Waals surface area contributed by atoms with Crippen molar-refractivity contribution in [3.8, 4) is 10.4 Å². The van der Waals surface area contributed by atoms with Crippen molar-refractivity contribution in [3.63, 3.8) is 0 Å². The number of benzene rings is 2. The van der Waals surface area contributed by atoms with E-state index in [1.165, 1.54) is 12.1 Å². The van der Waals surface area contributed by atoms with Gasteiger partial charge in [0.1, 0.15) is 4.21 Å². The number of nitrogens with one attached hydrogen (secondary N) is 1. The molecule has 3 aromatic rings. The zero-order valence-electron chi connectivity index (χ0n) is 14.1. The predicted octanol–water partition coefficient (Wildman–Crippen LogP) is 4.16. The fourth-order valence-corrected chi connectivity index (χ4v) is 5.64. The lowest BCUT2D eigenvalue weighted by Crippen LogP contribution is -2.26. The fourth-order valence-electron chi connectivity index (χ4n) is 3.02. The molecular weight excluding hydrogens is 384 g/mol. The lowest BCUT2D eigenvalue weighted by molar-refractivity contribution is -0.384. The van der Waals surface area contributed by atoms with E-state index in [9.17, 15) is 18.5 Å². The Morgan fingerprint density at radius 3 is 2.37 bits per heavy atom. The number of hydrogen-bond donors (Lipinski definition) is 1. The Hall–Kier alpha value is -2.55. The Morgan fingerprint density at radius 1 is 1.00 bits per heavy atom. The molecule has 8 heteroatoms. The van der Waals surface area contributed by atoms with Crippen LogP contribution in [0.25, 0.3) is 10.4 Å². The summed E-state index contributed by atoms with van der Waals surface area (Å²) in [5, 5.41) is 10.7. The summed E-state index contributed by atoms with van der Waals surface area (Å²) in [5.41, 5.74) is 1.90. The van der Waals surface area contributed by atoms with Gasteiger partial charge in [0.2, 0.25) is 10.0 Å². The summed E-state index contributed by atoms with van der Waals surface area (Å²) in [6, 6.07) is 19.2. The molecule has 4 rings (SSSR count). The second-order valence-corrected chi connectivity index (χ2v) is 9.43. The number of hydrogen-bond acceptors (Lipinski definition) is 5. The Kier molecular flexibility index (Phi) is 4.55. The first-order valence-corrected chi connectivity index (χ1v) is 10.7. The molecule has 1 fully saturated rings. The second kappa shape index (κ2) is 6.88. The largest absolute Gasteiger partial charge is 0.269 e. The minimum atomic E-state index is -3.59. The molecule has 2 aromatic carbocycles. The summed E-state index contributed by atoms with van der Waals surface area (Å²) in [4.78, 5) is 11.0. The van der Waals surface area contributed by atoms with E-state index in [4.69, 9.17) is 0 Å². The Bertz CT molecular complexity index is 1080. The van der Waals surface area contributed by atoms with Gasteiger partial charge in [0.25, 0.3) is 5.69 Å². The van der Waals surface area contributed by atoms with Crippen LogP contribution in [0.4, 0.5) is 5.69 Å². The maximum Gasteiger partial charge on any atom is 0.269 e. The van der Waals surface area contributed by atoms with Gasteiger partial charge in [-0.1, -0.05) is 30.3 Å². The van der Waals surface area contributed by atoms with Crippen molar-refractivity contribution in [3.05, 3.63) is 82.4 Å². The third kappa shape index (κ3) is 3.78. The zero-order valence-corrected chi connectivity index (χ0v) is 15.7. The van der Waals surface area contributed by atoms with Crippen LogP contribution >= 0.6 is 11.3 Å². The van der Waals surface area contributed by atoms with Crippen molar-refractivity contribution in [2.24, 2.45) is 0 Å². The SMILES string of the molecule is O=[N+]([O-])c1ccc(-c2ccc(S(=O)(=O)N[C@H]3C[C@@H]3c3ccccc3)s2)cc1. The van der Waals surface area contributed by atoms with Crippen molar-refractivity contribution in [2.45, 2.75) is 22.6 Å². The average Bonchev–Trinajstić information content (AvgIpc) is 3.22. The van der Waals surface area contributed by atoms with E-state index in [0.29, 0.717) is 0 Å². The van der Waals surface area contributed by atoms with Gasteiger partial charge in [-0.05, 0) is 41.8 Å². The van der Waals surface area contributed by atoms with Crippen LogP contribution in [0.15, 0.2) is 70.9 Å². The third-order valence-corrected chi connectivity index (χ3v) is 7.65. The van der Waals surface area contributed by atoms with Gasteiger partial charge in [-0.2, -0.15) is 0 Å². The highest BCUT2D eigenvalue weighted by atomic mass is 32.2. The number of nitro groups is 1. The highest BCUT2D eigenvalue weighted by Crippen LogP contribution is 2.42. The Balaban J connectivity index is 1.48. The van der Waals surface area contributed by atoms with E-state index in [2.05, 4.69) is 4.72 Å². The summed E-state index contributed by atoms with van der Waals surface area (Å²) in [6.45, 7) is 0. The number of sulfonamides is 1. The van der Waals surface area contributed by atoms with Gasteiger partial charge in [-0.3, -0.25) is 10.1 Å². The number of nitro benzene ring substituents is 1. The topological polar surface area (TPSA) is 89.3 Å². The van der Waals surface area contributed by atoms with Crippen molar-refractivity contribution in [1.82, 2.24) is 4.72 Å². The van der Waals surface area contributed by atoms with Crippen molar-refractivity contribution < 1.29 is 13.3 Å². The molecule has 0 unspecified atom stereocenters. The maximum atomic E-state index is 12.7. The number of thiophene rings is 1. The normalized spacial score (nSPS) is 19.0. The molecule has 0 radical (unpaired) electrons. The van der Waals surface area contributed by atoms with E-state index < -0.39 is 14.9 Å². The molecule has 1 aromatic heterocycles. The molecule has 1 N–H and O–H groups in total. The van der Waals surface area contributed by atoms with Crippen LogP contribution < -0.4 is 4.72 Å². The van der Waals surface area contributed by atoms with Crippen LogP contribution in [0.2, 0.25) is 0 Å². The quantitative estimate of drug-likeness (QED) is 0.497. The van der Waals surface area contributed by atoms with Crippen LogP contribution in [0.5, 0.6) is 0 Å². The van der Waals surface area contributed by atoms with Crippen molar-refractivity contribution in [1.29, 1.82) is 0 Å². The first-order valence-electron chi connectivity index (χ1n) is 8.36. The van der Waals surface area contributed by atoms with Crippen molar-refractivity contribution >= 4 is 27.0 Å². The monoisotopic (exact) mass is 400 g/mol.